The van der Waals surface area contributed by atoms with Crippen LogP contribution in [-0.2, 0) is 26.2 Å². The normalized spacial score (nSPS) is 11.8. The molecule has 0 radical (unpaired) electrons. The smallest absolute Gasteiger partial charge is 0.261 e. The molecule has 224 valence electrons. The zero-order valence-corrected chi connectivity index (χ0v) is 24.4. The maximum Gasteiger partial charge on any atom is 0.261 e. The highest BCUT2D eigenvalue weighted by Crippen LogP contribution is 2.25. The number of hydrogen-bond acceptors (Lipinski definition) is 6. The molecule has 3 N–H and O–H groups in total. The number of carbonyl (C=O) groups is 2. The number of carbonyl (C=O) groups excluding carboxylic acids is 2. The first-order valence-electron chi connectivity index (χ1n) is 13.1. The first kappa shape index (κ1) is 31.5. The predicted octanol–water partition coefficient (Wildman–Crippen LogP) is 4.54. The van der Waals surface area contributed by atoms with Gasteiger partial charge in [-0.25, -0.2) is 12.8 Å². The van der Waals surface area contributed by atoms with Crippen LogP contribution >= 0.6 is 11.6 Å². The Hall–Kier alpha value is -4.45. The minimum Gasteiger partial charge on any atom is -0.484 e. The number of aliphatic hydroxyl groups is 1. The third kappa shape index (κ3) is 8.77. The molecule has 12 heteroatoms. The second-order valence-electron chi connectivity index (χ2n) is 9.35. The van der Waals surface area contributed by atoms with Gasteiger partial charge in [0.05, 0.1) is 11.5 Å². The molecule has 4 aromatic rings. The molecule has 0 aliphatic rings. The van der Waals surface area contributed by atoms with Crippen LogP contribution in [0.3, 0.4) is 0 Å². The molecule has 0 aromatic heterocycles. The lowest BCUT2D eigenvalue weighted by atomic mass is 10.0. The molecular weight excluding hydrogens is 597 g/mol. The van der Waals surface area contributed by atoms with Crippen LogP contribution in [0.5, 0.6) is 5.75 Å². The molecule has 4 rings (SSSR count). The second kappa shape index (κ2) is 14.6. The van der Waals surface area contributed by atoms with Crippen LogP contribution in [-0.4, -0.2) is 50.0 Å². The number of rotatable bonds is 13. The Morgan fingerprint density at radius 3 is 2.19 bits per heavy atom. The number of amides is 2. The van der Waals surface area contributed by atoms with Gasteiger partial charge in [0.25, 0.3) is 15.9 Å². The Morgan fingerprint density at radius 1 is 0.907 bits per heavy atom. The average molecular weight is 626 g/mol. The van der Waals surface area contributed by atoms with Crippen molar-refractivity contribution in [3.63, 3.8) is 0 Å². The van der Waals surface area contributed by atoms with Crippen LogP contribution in [0.2, 0.25) is 5.02 Å². The lowest BCUT2D eigenvalue weighted by Gasteiger charge is -2.31. The largest absolute Gasteiger partial charge is 0.484 e. The fraction of sp³-hybridized carbons (Fsp3) is 0.161. The Kier molecular flexibility index (Phi) is 10.7. The molecular formula is C31H29ClFN3O6S. The van der Waals surface area contributed by atoms with E-state index in [-0.39, 0.29) is 36.0 Å². The summed E-state index contributed by atoms with van der Waals surface area (Å²) >= 11 is 6.04. The van der Waals surface area contributed by atoms with E-state index in [1.165, 1.54) is 41.3 Å². The summed E-state index contributed by atoms with van der Waals surface area (Å²) in [5.41, 5.74) is 1.48. The second-order valence-corrected chi connectivity index (χ2v) is 11.5. The number of sulfonamides is 1. The van der Waals surface area contributed by atoms with Crippen molar-refractivity contribution in [3.05, 3.63) is 125 Å². The molecule has 0 saturated carbocycles. The zero-order chi connectivity index (χ0) is 30.8. The predicted molar refractivity (Wildman–Crippen MR) is 160 cm³/mol. The molecule has 1 atom stereocenters. The number of ether oxygens (including phenoxy) is 1. The summed E-state index contributed by atoms with van der Waals surface area (Å²) in [7, 11) is -3.96. The molecule has 0 bridgehead atoms. The van der Waals surface area contributed by atoms with Crippen LogP contribution in [0.25, 0.3) is 0 Å². The Balaban J connectivity index is 1.53. The minimum atomic E-state index is -3.96. The molecule has 4 aromatic carbocycles. The SMILES string of the molecule is O=C(NCCO)[C@H](c1ccccc1)N(Cc1ccc(Cl)cc1)C(=O)COc1ccc(S(=O)(=O)Nc2ccc(F)cc2)cc1. The number of benzene rings is 4. The molecule has 0 heterocycles. The van der Waals surface area contributed by atoms with Crippen molar-refractivity contribution in [3.8, 4) is 5.75 Å². The van der Waals surface area contributed by atoms with Crippen molar-refractivity contribution in [2.24, 2.45) is 0 Å². The van der Waals surface area contributed by atoms with Gasteiger partial charge in [-0.1, -0.05) is 54.1 Å². The van der Waals surface area contributed by atoms with E-state index in [0.717, 1.165) is 17.7 Å². The lowest BCUT2D eigenvalue weighted by molar-refractivity contribution is -0.143. The molecule has 0 unspecified atom stereocenters. The topological polar surface area (TPSA) is 125 Å². The average Bonchev–Trinajstić information content (AvgIpc) is 3.01. The number of aliphatic hydroxyl groups excluding tert-OH is 1. The van der Waals surface area contributed by atoms with E-state index in [1.54, 1.807) is 54.6 Å². The first-order chi connectivity index (χ1) is 20.7. The molecule has 0 aliphatic heterocycles. The van der Waals surface area contributed by atoms with Gasteiger partial charge in [-0.3, -0.25) is 14.3 Å². The first-order valence-corrected chi connectivity index (χ1v) is 15.0. The van der Waals surface area contributed by atoms with E-state index in [4.69, 9.17) is 16.3 Å². The van der Waals surface area contributed by atoms with Gasteiger partial charge < -0.3 is 20.1 Å². The molecule has 0 aliphatic carbocycles. The fourth-order valence-electron chi connectivity index (χ4n) is 4.17. The van der Waals surface area contributed by atoms with Crippen molar-refractivity contribution < 1.29 is 32.2 Å². The van der Waals surface area contributed by atoms with Gasteiger partial charge in [-0.15, -0.1) is 0 Å². The van der Waals surface area contributed by atoms with Crippen molar-refractivity contribution in [1.29, 1.82) is 0 Å². The molecule has 0 spiro atoms. The number of nitrogens with one attached hydrogen (secondary N) is 2. The Morgan fingerprint density at radius 2 is 1.56 bits per heavy atom. The Bertz CT molecular complexity index is 1620. The molecule has 2 amide bonds. The van der Waals surface area contributed by atoms with Gasteiger partial charge in [0.15, 0.2) is 6.61 Å². The van der Waals surface area contributed by atoms with Gasteiger partial charge in [0.2, 0.25) is 5.91 Å². The monoisotopic (exact) mass is 625 g/mol. The highest BCUT2D eigenvalue weighted by molar-refractivity contribution is 7.92. The number of halogens is 2. The standard InChI is InChI=1S/C31H29ClFN3O6S/c32-24-8-6-22(7-9-24)20-36(30(31(39)34-18-19-37)23-4-2-1-3-5-23)29(38)21-42-27-14-16-28(17-15-27)43(40,41)35-26-12-10-25(33)11-13-26/h1-17,30,35,37H,18-21H2,(H,34,39)/t30-/m0/s1. The minimum absolute atomic E-state index is 0.00686. The van der Waals surface area contributed by atoms with Crippen LogP contribution in [0.15, 0.2) is 108 Å². The van der Waals surface area contributed by atoms with Crippen molar-refractivity contribution >= 4 is 39.1 Å². The van der Waals surface area contributed by atoms with E-state index in [1.807, 2.05) is 0 Å². The summed E-state index contributed by atoms with van der Waals surface area (Å²) in [6.45, 7) is -0.665. The molecule has 9 nitrogen and oxygen atoms in total. The van der Waals surface area contributed by atoms with Gasteiger partial charge in [-0.05, 0) is 71.8 Å². The number of anilines is 1. The number of nitrogens with zero attached hydrogens (tertiary/aromatic N) is 1. The maximum atomic E-state index is 13.6. The summed E-state index contributed by atoms with van der Waals surface area (Å²) in [5, 5.41) is 12.4. The quantitative estimate of drug-likeness (QED) is 0.200. The highest BCUT2D eigenvalue weighted by atomic mass is 35.5. The number of hydrogen-bond donors (Lipinski definition) is 3. The third-order valence-corrected chi connectivity index (χ3v) is 7.91. The van der Waals surface area contributed by atoms with E-state index in [9.17, 15) is 27.5 Å². The van der Waals surface area contributed by atoms with Crippen LogP contribution in [0.4, 0.5) is 10.1 Å². The van der Waals surface area contributed by atoms with Gasteiger partial charge in [0.1, 0.15) is 17.6 Å². The van der Waals surface area contributed by atoms with E-state index in [2.05, 4.69) is 10.0 Å². The Labute approximate surface area is 253 Å². The molecule has 43 heavy (non-hydrogen) atoms. The van der Waals surface area contributed by atoms with E-state index < -0.39 is 40.3 Å². The van der Waals surface area contributed by atoms with Crippen LogP contribution < -0.4 is 14.8 Å². The summed E-state index contributed by atoms with van der Waals surface area (Å²) < 4.78 is 46.7. The van der Waals surface area contributed by atoms with Crippen LogP contribution in [0.1, 0.15) is 17.2 Å². The summed E-state index contributed by atoms with van der Waals surface area (Å²) in [6.07, 6.45) is 0. The summed E-state index contributed by atoms with van der Waals surface area (Å²) in [5.74, 6) is -1.27. The van der Waals surface area contributed by atoms with E-state index in [0.29, 0.717) is 10.6 Å². The molecule has 0 saturated heterocycles. The summed E-state index contributed by atoms with van der Waals surface area (Å²) in [6, 6.07) is 24.9. The maximum absolute atomic E-state index is 13.6. The van der Waals surface area contributed by atoms with Crippen molar-refractivity contribution in [2.75, 3.05) is 24.5 Å². The summed E-state index contributed by atoms with van der Waals surface area (Å²) in [4.78, 5) is 28.2. The third-order valence-electron chi connectivity index (χ3n) is 6.27. The highest BCUT2D eigenvalue weighted by Gasteiger charge is 2.31. The lowest BCUT2D eigenvalue weighted by Crippen LogP contribution is -2.45. The van der Waals surface area contributed by atoms with Gasteiger partial charge in [0, 0.05) is 23.8 Å². The van der Waals surface area contributed by atoms with Gasteiger partial charge >= 0.3 is 0 Å². The molecule has 0 fully saturated rings. The fourth-order valence-corrected chi connectivity index (χ4v) is 5.35. The van der Waals surface area contributed by atoms with Gasteiger partial charge in [-0.2, -0.15) is 0 Å². The zero-order valence-electron chi connectivity index (χ0n) is 22.8. The van der Waals surface area contributed by atoms with Crippen LogP contribution in [0, 0.1) is 5.82 Å². The van der Waals surface area contributed by atoms with Crippen molar-refractivity contribution in [1.82, 2.24) is 10.2 Å². The van der Waals surface area contributed by atoms with E-state index >= 15 is 0 Å². The van der Waals surface area contributed by atoms with Crippen molar-refractivity contribution in [2.45, 2.75) is 17.5 Å².